The SMILES string of the molecule is CCCNC1CCC(OCc2nccs2)CC1. The lowest BCUT2D eigenvalue weighted by molar-refractivity contribution is 0.0113. The van der Waals surface area contributed by atoms with Gasteiger partial charge in [-0.2, -0.15) is 0 Å². The molecule has 1 aromatic heterocycles. The van der Waals surface area contributed by atoms with E-state index in [0.717, 1.165) is 17.6 Å². The van der Waals surface area contributed by atoms with Crippen molar-refractivity contribution in [3.63, 3.8) is 0 Å². The smallest absolute Gasteiger partial charge is 0.118 e. The summed E-state index contributed by atoms with van der Waals surface area (Å²) in [6, 6.07) is 0.717. The third-order valence-corrected chi connectivity index (χ3v) is 4.04. The summed E-state index contributed by atoms with van der Waals surface area (Å²) in [6.45, 7) is 4.06. The summed E-state index contributed by atoms with van der Waals surface area (Å²) in [5, 5.41) is 6.69. The Kier molecular flexibility index (Phi) is 5.42. The zero-order valence-electron chi connectivity index (χ0n) is 10.5. The van der Waals surface area contributed by atoms with Crippen LogP contribution in [0.4, 0.5) is 0 Å². The van der Waals surface area contributed by atoms with Gasteiger partial charge in [0.15, 0.2) is 0 Å². The van der Waals surface area contributed by atoms with E-state index in [0.29, 0.717) is 12.7 Å². The fourth-order valence-electron chi connectivity index (χ4n) is 2.30. The molecule has 1 aromatic rings. The van der Waals surface area contributed by atoms with Crippen LogP contribution >= 0.6 is 11.3 Å². The summed E-state index contributed by atoms with van der Waals surface area (Å²) in [6.07, 6.45) is 8.39. The highest BCUT2D eigenvalue weighted by Crippen LogP contribution is 2.22. The fraction of sp³-hybridized carbons (Fsp3) is 0.769. The lowest BCUT2D eigenvalue weighted by atomic mass is 9.93. The van der Waals surface area contributed by atoms with Crippen LogP contribution in [0.25, 0.3) is 0 Å². The third-order valence-electron chi connectivity index (χ3n) is 3.28. The highest BCUT2D eigenvalue weighted by atomic mass is 32.1. The Bertz CT molecular complexity index is 294. The normalized spacial score (nSPS) is 25.0. The largest absolute Gasteiger partial charge is 0.371 e. The molecule has 3 nitrogen and oxygen atoms in total. The number of thiazole rings is 1. The minimum absolute atomic E-state index is 0.443. The van der Waals surface area contributed by atoms with Gasteiger partial charge in [0.05, 0.1) is 12.7 Å². The maximum absolute atomic E-state index is 5.90. The predicted octanol–water partition coefficient (Wildman–Crippen LogP) is 2.97. The quantitative estimate of drug-likeness (QED) is 0.847. The standard InChI is InChI=1S/C13H22N2OS/c1-2-7-14-11-3-5-12(6-4-11)16-10-13-15-8-9-17-13/h8-9,11-12,14H,2-7,10H2,1H3. The highest BCUT2D eigenvalue weighted by Gasteiger charge is 2.21. The Labute approximate surface area is 108 Å². The van der Waals surface area contributed by atoms with Crippen molar-refractivity contribution in [2.45, 2.75) is 57.8 Å². The second-order valence-corrected chi connectivity index (χ2v) is 5.64. The molecule has 0 atom stereocenters. The topological polar surface area (TPSA) is 34.1 Å². The van der Waals surface area contributed by atoms with Gasteiger partial charge in [-0.05, 0) is 38.6 Å². The first-order valence-electron chi connectivity index (χ1n) is 6.62. The first kappa shape index (κ1) is 13.0. The number of ether oxygens (including phenoxy) is 1. The van der Waals surface area contributed by atoms with Gasteiger partial charge >= 0.3 is 0 Å². The predicted molar refractivity (Wildman–Crippen MR) is 71.2 cm³/mol. The van der Waals surface area contributed by atoms with E-state index < -0.39 is 0 Å². The van der Waals surface area contributed by atoms with Crippen LogP contribution in [-0.4, -0.2) is 23.7 Å². The molecule has 96 valence electrons. The number of hydrogen-bond donors (Lipinski definition) is 1. The Morgan fingerprint density at radius 2 is 2.24 bits per heavy atom. The van der Waals surface area contributed by atoms with Crippen molar-refractivity contribution in [2.24, 2.45) is 0 Å². The van der Waals surface area contributed by atoms with Crippen LogP contribution in [0.2, 0.25) is 0 Å². The molecule has 1 N–H and O–H groups in total. The summed E-state index contributed by atoms with van der Waals surface area (Å²) in [4.78, 5) is 4.24. The van der Waals surface area contributed by atoms with Crippen LogP contribution < -0.4 is 5.32 Å². The van der Waals surface area contributed by atoms with Gasteiger partial charge in [-0.3, -0.25) is 0 Å². The molecule has 0 aliphatic heterocycles. The first-order chi connectivity index (χ1) is 8.38. The van der Waals surface area contributed by atoms with Gasteiger partial charge in [-0.15, -0.1) is 11.3 Å². The van der Waals surface area contributed by atoms with Crippen LogP contribution in [0.15, 0.2) is 11.6 Å². The van der Waals surface area contributed by atoms with Gasteiger partial charge in [0.2, 0.25) is 0 Å². The summed E-state index contributed by atoms with van der Waals surface area (Å²) < 4.78 is 5.90. The molecule has 1 saturated carbocycles. The summed E-state index contributed by atoms with van der Waals surface area (Å²) in [5.41, 5.74) is 0. The summed E-state index contributed by atoms with van der Waals surface area (Å²) in [7, 11) is 0. The van der Waals surface area contributed by atoms with E-state index in [1.54, 1.807) is 11.3 Å². The molecule has 2 rings (SSSR count). The molecule has 1 heterocycles. The van der Waals surface area contributed by atoms with E-state index in [2.05, 4.69) is 17.2 Å². The van der Waals surface area contributed by atoms with Crippen molar-refractivity contribution in [1.29, 1.82) is 0 Å². The van der Waals surface area contributed by atoms with Gasteiger partial charge < -0.3 is 10.1 Å². The van der Waals surface area contributed by atoms with Gasteiger partial charge in [0.25, 0.3) is 0 Å². The maximum atomic E-state index is 5.90. The molecule has 0 amide bonds. The molecule has 0 bridgehead atoms. The summed E-state index contributed by atoms with van der Waals surface area (Å²) in [5.74, 6) is 0. The molecule has 0 spiro atoms. The molecule has 4 heteroatoms. The number of aromatic nitrogens is 1. The molecule has 1 aliphatic carbocycles. The van der Waals surface area contributed by atoms with Gasteiger partial charge in [-0.1, -0.05) is 6.92 Å². The molecule has 1 aliphatic rings. The fourth-order valence-corrected chi connectivity index (χ4v) is 2.83. The summed E-state index contributed by atoms with van der Waals surface area (Å²) >= 11 is 1.67. The van der Waals surface area contributed by atoms with E-state index in [-0.39, 0.29) is 0 Å². The van der Waals surface area contributed by atoms with Crippen molar-refractivity contribution in [3.05, 3.63) is 16.6 Å². The number of nitrogens with one attached hydrogen (secondary N) is 1. The zero-order valence-corrected chi connectivity index (χ0v) is 11.3. The van der Waals surface area contributed by atoms with Crippen molar-refractivity contribution >= 4 is 11.3 Å². The lowest BCUT2D eigenvalue weighted by Crippen LogP contribution is -2.35. The molecular weight excluding hydrogens is 232 g/mol. The average molecular weight is 254 g/mol. The molecule has 0 radical (unpaired) electrons. The third kappa shape index (κ3) is 4.37. The van der Waals surface area contributed by atoms with Crippen molar-refractivity contribution in [3.8, 4) is 0 Å². The highest BCUT2D eigenvalue weighted by molar-refractivity contribution is 7.09. The van der Waals surface area contributed by atoms with Crippen LogP contribution in [0.3, 0.4) is 0 Å². The van der Waals surface area contributed by atoms with Crippen LogP contribution in [0, 0.1) is 0 Å². The van der Waals surface area contributed by atoms with E-state index in [1.807, 2.05) is 11.6 Å². The average Bonchev–Trinajstić information content (AvgIpc) is 2.88. The molecule has 0 saturated heterocycles. The monoisotopic (exact) mass is 254 g/mol. The Morgan fingerprint density at radius 3 is 2.88 bits per heavy atom. The number of rotatable bonds is 6. The first-order valence-corrected chi connectivity index (χ1v) is 7.49. The molecular formula is C13H22N2OS. The van der Waals surface area contributed by atoms with Crippen LogP contribution in [0.1, 0.15) is 44.0 Å². The zero-order chi connectivity index (χ0) is 11.9. The second-order valence-electron chi connectivity index (χ2n) is 4.66. The lowest BCUT2D eigenvalue weighted by Gasteiger charge is -2.29. The van der Waals surface area contributed by atoms with Gasteiger partial charge in [0.1, 0.15) is 5.01 Å². The Balaban J connectivity index is 1.62. The van der Waals surface area contributed by atoms with E-state index in [4.69, 9.17) is 4.74 Å². The van der Waals surface area contributed by atoms with Crippen molar-refractivity contribution in [2.75, 3.05) is 6.54 Å². The van der Waals surface area contributed by atoms with Crippen LogP contribution in [-0.2, 0) is 11.3 Å². The number of hydrogen-bond acceptors (Lipinski definition) is 4. The van der Waals surface area contributed by atoms with E-state index >= 15 is 0 Å². The minimum atomic E-state index is 0.443. The minimum Gasteiger partial charge on any atom is -0.371 e. The van der Waals surface area contributed by atoms with Gasteiger partial charge in [-0.25, -0.2) is 4.98 Å². The molecule has 0 aromatic carbocycles. The Morgan fingerprint density at radius 1 is 1.41 bits per heavy atom. The molecule has 0 unspecified atom stereocenters. The van der Waals surface area contributed by atoms with E-state index in [9.17, 15) is 0 Å². The van der Waals surface area contributed by atoms with Gasteiger partial charge in [0, 0.05) is 17.6 Å². The van der Waals surface area contributed by atoms with Crippen LogP contribution in [0.5, 0.6) is 0 Å². The maximum Gasteiger partial charge on any atom is 0.118 e. The van der Waals surface area contributed by atoms with E-state index in [1.165, 1.54) is 32.1 Å². The second kappa shape index (κ2) is 7.09. The molecule has 1 fully saturated rings. The van der Waals surface area contributed by atoms with Crippen molar-refractivity contribution < 1.29 is 4.74 Å². The number of nitrogens with zero attached hydrogens (tertiary/aromatic N) is 1. The molecule has 17 heavy (non-hydrogen) atoms. The Hall–Kier alpha value is -0.450. The van der Waals surface area contributed by atoms with Crippen molar-refractivity contribution in [1.82, 2.24) is 10.3 Å².